The number of benzene rings is 2. The number of hydrogen-bond donors (Lipinski definition) is 2. The fraction of sp³-hybridized carbons (Fsp3) is 0.0909. The van der Waals surface area contributed by atoms with Gasteiger partial charge in [-0.25, -0.2) is 18.1 Å². The molecule has 2 N–H and O–H groups in total. The predicted molar refractivity (Wildman–Crippen MR) is 120 cm³/mol. The SMILES string of the molecule is C=CCNS(=O)(=O)c1ccc(C(=O)NCc2ccc(-c3nc4ccccc4s3)o2)cc1. The Morgan fingerprint density at radius 3 is 2.61 bits per heavy atom. The van der Waals surface area contributed by atoms with Crippen LogP contribution in [0, 0.1) is 0 Å². The number of furan rings is 1. The van der Waals surface area contributed by atoms with Crippen molar-refractivity contribution in [1.29, 1.82) is 0 Å². The summed E-state index contributed by atoms with van der Waals surface area (Å²) in [6.07, 6.45) is 1.45. The minimum Gasteiger partial charge on any atom is -0.457 e. The Kier molecular flexibility index (Phi) is 5.99. The summed E-state index contributed by atoms with van der Waals surface area (Å²) in [5.41, 5.74) is 1.26. The molecule has 9 heteroatoms. The molecule has 4 rings (SSSR count). The van der Waals surface area contributed by atoms with Crippen molar-refractivity contribution in [2.75, 3.05) is 6.54 Å². The standard InChI is InChI=1S/C22H19N3O4S2/c1-2-13-24-31(27,28)17-10-7-15(8-11-17)21(26)23-14-16-9-12-19(29-16)22-25-18-5-3-4-6-20(18)30-22/h2-12,24H,1,13-14H2,(H,23,26). The fourth-order valence-electron chi connectivity index (χ4n) is 2.87. The van der Waals surface area contributed by atoms with E-state index in [-0.39, 0.29) is 23.9 Å². The van der Waals surface area contributed by atoms with Crippen molar-refractivity contribution < 1.29 is 17.6 Å². The van der Waals surface area contributed by atoms with Crippen LogP contribution in [0.15, 0.2) is 82.6 Å². The maximum atomic E-state index is 12.4. The average Bonchev–Trinajstić information content (AvgIpc) is 3.43. The summed E-state index contributed by atoms with van der Waals surface area (Å²) in [6.45, 7) is 3.81. The van der Waals surface area contributed by atoms with Crippen LogP contribution < -0.4 is 10.0 Å². The highest BCUT2D eigenvalue weighted by atomic mass is 32.2. The highest BCUT2D eigenvalue weighted by Gasteiger charge is 2.15. The molecule has 0 spiro atoms. The third-order valence-corrected chi connectivity index (χ3v) is 6.92. The molecule has 2 heterocycles. The van der Waals surface area contributed by atoms with Gasteiger partial charge < -0.3 is 9.73 Å². The fourth-order valence-corrected chi connectivity index (χ4v) is 4.80. The zero-order valence-electron chi connectivity index (χ0n) is 16.4. The van der Waals surface area contributed by atoms with Crippen molar-refractivity contribution in [3.8, 4) is 10.8 Å². The third-order valence-electron chi connectivity index (χ3n) is 4.43. The largest absolute Gasteiger partial charge is 0.457 e. The molecule has 0 atom stereocenters. The molecule has 31 heavy (non-hydrogen) atoms. The lowest BCUT2D eigenvalue weighted by atomic mass is 10.2. The molecule has 1 amide bonds. The summed E-state index contributed by atoms with van der Waals surface area (Å²) in [4.78, 5) is 17.0. The second kappa shape index (κ2) is 8.84. The molecular formula is C22H19N3O4S2. The number of fused-ring (bicyclic) bond motifs is 1. The Balaban J connectivity index is 1.39. The van der Waals surface area contributed by atoms with E-state index in [0.717, 1.165) is 15.2 Å². The first kappa shape index (κ1) is 21.0. The normalized spacial score (nSPS) is 11.5. The molecule has 2 aromatic carbocycles. The predicted octanol–water partition coefficient (Wildman–Crippen LogP) is 3.95. The second-order valence-corrected chi connectivity index (χ2v) is 9.40. The maximum Gasteiger partial charge on any atom is 0.251 e. The van der Waals surface area contributed by atoms with Gasteiger partial charge in [0.25, 0.3) is 5.91 Å². The Bertz CT molecular complexity index is 1310. The molecule has 4 aromatic rings. The summed E-state index contributed by atoms with van der Waals surface area (Å²) in [6, 6.07) is 17.2. The molecule has 0 radical (unpaired) electrons. The summed E-state index contributed by atoms with van der Waals surface area (Å²) in [5.74, 6) is 0.906. The van der Waals surface area contributed by atoms with Gasteiger partial charge in [-0.15, -0.1) is 17.9 Å². The summed E-state index contributed by atoms with van der Waals surface area (Å²) in [7, 11) is -3.63. The Hall–Kier alpha value is -3.27. The van der Waals surface area contributed by atoms with E-state index in [1.165, 1.54) is 30.3 Å². The van der Waals surface area contributed by atoms with Crippen LogP contribution in [-0.4, -0.2) is 25.9 Å². The number of amides is 1. The summed E-state index contributed by atoms with van der Waals surface area (Å²) < 4.78 is 33.4. The highest BCUT2D eigenvalue weighted by molar-refractivity contribution is 7.89. The van der Waals surface area contributed by atoms with Crippen molar-refractivity contribution in [3.05, 3.63) is 84.6 Å². The first-order valence-electron chi connectivity index (χ1n) is 9.40. The van der Waals surface area contributed by atoms with Crippen LogP contribution in [-0.2, 0) is 16.6 Å². The van der Waals surface area contributed by atoms with Crippen LogP contribution in [0.25, 0.3) is 21.0 Å². The van der Waals surface area contributed by atoms with Crippen LogP contribution in [0.3, 0.4) is 0 Å². The molecule has 0 unspecified atom stereocenters. The van der Waals surface area contributed by atoms with Gasteiger partial charge in [-0.3, -0.25) is 4.79 Å². The molecular weight excluding hydrogens is 434 g/mol. The molecule has 0 fully saturated rings. The van der Waals surface area contributed by atoms with Crippen LogP contribution in [0.5, 0.6) is 0 Å². The minimum atomic E-state index is -3.63. The maximum absolute atomic E-state index is 12.4. The van der Waals surface area contributed by atoms with Crippen molar-refractivity contribution in [2.45, 2.75) is 11.4 Å². The molecule has 0 aliphatic carbocycles. The number of hydrogen-bond acceptors (Lipinski definition) is 6. The minimum absolute atomic E-state index is 0.0809. The molecule has 0 saturated carbocycles. The van der Waals surface area contributed by atoms with Gasteiger partial charge in [0.2, 0.25) is 10.0 Å². The van der Waals surface area contributed by atoms with E-state index in [2.05, 4.69) is 21.6 Å². The lowest BCUT2D eigenvalue weighted by molar-refractivity contribution is 0.0948. The van der Waals surface area contributed by atoms with E-state index in [4.69, 9.17) is 4.42 Å². The lowest BCUT2D eigenvalue weighted by Crippen LogP contribution is -2.24. The molecule has 0 aliphatic rings. The second-order valence-electron chi connectivity index (χ2n) is 6.60. The van der Waals surface area contributed by atoms with Crippen LogP contribution in [0.1, 0.15) is 16.1 Å². The smallest absolute Gasteiger partial charge is 0.251 e. The Labute approximate surface area is 183 Å². The number of carbonyl (C=O) groups is 1. The van der Waals surface area contributed by atoms with Gasteiger partial charge in [-0.1, -0.05) is 18.2 Å². The molecule has 158 valence electrons. The monoisotopic (exact) mass is 453 g/mol. The number of sulfonamides is 1. The van der Waals surface area contributed by atoms with Gasteiger partial charge >= 0.3 is 0 Å². The van der Waals surface area contributed by atoms with Gasteiger partial charge in [0.05, 0.1) is 21.7 Å². The molecule has 2 aromatic heterocycles. The van der Waals surface area contributed by atoms with Gasteiger partial charge in [-0.05, 0) is 48.5 Å². The van der Waals surface area contributed by atoms with Gasteiger partial charge in [0.15, 0.2) is 10.8 Å². The number of carbonyl (C=O) groups excluding carboxylic acids is 1. The number of rotatable bonds is 8. The van der Waals surface area contributed by atoms with E-state index in [0.29, 0.717) is 17.1 Å². The lowest BCUT2D eigenvalue weighted by Gasteiger charge is -2.06. The highest BCUT2D eigenvalue weighted by Crippen LogP contribution is 2.31. The number of para-hydroxylation sites is 1. The molecule has 0 bridgehead atoms. The van der Waals surface area contributed by atoms with E-state index in [1.54, 1.807) is 17.4 Å². The quantitative estimate of drug-likeness (QED) is 0.394. The number of nitrogens with zero attached hydrogens (tertiary/aromatic N) is 1. The topological polar surface area (TPSA) is 101 Å². The van der Waals surface area contributed by atoms with Crippen molar-refractivity contribution >= 4 is 37.5 Å². The number of nitrogens with one attached hydrogen (secondary N) is 2. The van der Waals surface area contributed by atoms with Crippen molar-refractivity contribution in [2.24, 2.45) is 0 Å². The van der Waals surface area contributed by atoms with E-state index in [1.807, 2.05) is 30.3 Å². The molecule has 7 nitrogen and oxygen atoms in total. The first-order valence-corrected chi connectivity index (χ1v) is 11.7. The third kappa shape index (κ3) is 4.74. The number of thiazole rings is 1. The number of aromatic nitrogens is 1. The molecule has 0 aliphatic heterocycles. The zero-order chi connectivity index (χ0) is 21.8. The Morgan fingerprint density at radius 1 is 1.10 bits per heavy atom. The van der Waals surface area contributed by atoms with Crippen molar-refractivity contribution in [1.82, 2.24) is 15.0 Å². The Morgan fingerprint density at radius 2 is 1.87 bits per heavy atom. The van der Waals surface area contributed by atoms with E-state index < -0.39 is 10.0 Å². The van der Waals surface area contributed by atoms with E-state index >= 15 is 0 Å². The van der Waals surface area contributed by atoms with Crippen LogP contribution in [0.4, 0.5) is 0 Å². The average molecular weight is 454 g/mol. The summed E-state index contributed by atoms with van der Waals surface area (Å²) >= 11 is 1.54. The summed E-state index contributed by atoms with van der Waals surface area (Å²) in [5, 5.41) is 3.55. The first-order chi connectivity index (χ1) is 15.0. The van der Waals surface area contributed by atoms with Crippen molar-refractivity contribution in [3.63, 3.8) is 0 Å². The van der Waals surface area contributed by atoms with Gasteiger partial charge in [0.1, 0.15) is 5.76 Å². The molecule has 0 saturated heterocycles. The van der Waals surface area contributed by atoms with E-state index in [9.17, 15) is 13.2 Å². The van der Waals surface area contributed by atoms with Gasteiger partial charge in [0, 0.05) is 12.1 Å². The van der Waals surface area contributed by atoms with Gasteiger partial charge in [-0.2, -0.15) is 0 Å². The zero-order valence-corrected chi connectivity index (χ0v) is 18.0. The van der Waals surface area contributed by atoms with Crippen LogP contribution >= 0.6 is 11.3 Å². The van der Waals surface area contributed by atoms with Crippen LogP contribution in [0.2, 0.25) is 0 Å².